The lowest BCUT2D eigenvalue weighted by Gasteiger charge is -2.28. The van der Waals surface area contributed by atoms with Gasteiger partial charge in [-0.15, -0.1) is 0 Å². The van der Waals surface area contributed by atoms with Crippen molar-refractivity contribution in [3.05, 3.63) is 16.7 Å². The molecule has 1 unspecified atom stereocenters. The molecule has 0 spiro atoms. The van der Waals surface area contributed by atoms with E-state index in [-0.39, 0.29) is 18.2 Å². The summed E-state index contributed by atoms with van der Waals surface area (Å²) in [4.78, 5) is 30.1. The lowest BCUT2D eigenvalue weighted by atomic mass is 10.2. The lowest BCUT2D eigenvalue weighted by molar-refractivity contribution is -0.137. The number of aromatic nitrogens is 2. The van der Waals surface area contributed by atoms with Gasteiger partial charge in [0.05, 0.1) is 12.7 Å². The van der Waals surface area contributed by atoms with Crippen molar-refractivity contribution in [3.8, 4) is 0 Å². The maximum Gasteiger partial charge on any atom is 0.305 e. The molecule has 17 heavy (non-hydrogen) atoms. The summed E-state index contributed by atoms with van der Waals surface area (Å²) in [6.45, 7) is 4.12. The third kappa shape index (κ3) is 2.96. The Bertz CT molecular complexity index is 457. The average Bonchev–Trinajstić information content (AvgIpc) is 2.24. The Hall–Kier alpha value is -2.05. The van der Waals surface area contributed by atoms with Crippen LogP contribution < -0.4 is 16.2 Å². The standard InChI is InChI=1S/C10H16N4O3/c1-3-14(6(2)4-7(15)16)9-8(11)10(17)13-5-12-9/h5-6H,3-4,11H2,1-2H3,(H,15,16)(H,12,13,17). The number of carboxylic acid groups (broad SMARTS) is 1. The van der Waals surface area contributed by atoms with E-state index in [0.29, 0.717) is 12.4 Å². The fourth-order valence-electron chi connectivity index (χ4n) is 1.66. The monoisotopic (exact) mass is 240 g/mol. The summed E-state index contributed by atoms with van der Waals surface area (Å²) < 4.78 is 0. The summed E-state index contributed by atoms with van der Waals surface area (Å²) in [6, 6.07) is -0.283. The van der Waals surface area contributed by atoms with Crippen LogP contribution in [0.25, 0.3) is 0 Å². The molecule has 7 heteroatoms. The number of anilines is 2. The molecule has 0 aliphatic carbocycles. The van der Waals surface area contributed by atoms with E-state index in [2.05, 4.69) is 9.97 Å². The van der Waals surface area contributed by atoms with Gasteiger partial charge in [0, 0.05) is 12.6 Å². The maximum atomic E-state index is 11.3. The molecule has 1 aromatic heterocycles. The molecule has 0 radical (unpaired) electrons. The summed E-state index contributed by atoms with van der Waals surface area (Å²) in [5, 5.41) is 8.75. The first-order chi connectivity index (χ1) is 7.97. The van der Waals surface area contributed by atoms with Gasteiger partial charge in [-0.1, -0.05) is 0 Å². The van der Waals surface area contributed by atoms with E-state index in [9.17, 15) is 9.59 Å². The number of nitrogens with one attached hydrogen (secondary N) is 1. The van der Waals surface area contributed by atoms with Gasteiger partial charge in [-0.2, -0.15) is 0 Å². The van der Waals surface area contributed by atoms with E-state index >= 15 is 0 Å². The topological polar surface area (TPSA) is 112 Å². The van der Waals surface area contributed by atoms with Crippen LogP contribution in [0.1, 0.15) is 20.3 Å². The number of hydrogen-bond donors (Lipinski definition) is 3. The molecule has 1 rings (SSSR count). The molecular formula is C10H16N4O3. The van der Waals surface area contributed by atoms with Crippen LogP contribution in [-0.4, -0.2) is 33.6 Å². The van der Waals surface area contributed by atoms with Crippen LogP contribution in [0.2, 0.25) is 0 Å². The molecule has 1 heterocycles. The number of rotatable bonds is 5. The van der Waals surface area contributed by atoms with Crippen LogP contribution in [0.5, 0.6) is 0 Å². The van der Waals surface area contributed by atoms with E-state index in [4.69, 9.17) is 10.8 Å². The van der Waals surface area contributed by atoms with E-state index in [1.807, 2.05) is 6.92 Å². The minimum atomic E-state index is -0.903. The number of nitrogens with zero attached hydrogens (tertiary/aromatic N) is 2. The largest absolute Gasteiger partial charge is 0.481 e. The summed E-state index contributed by atoms with van der Waals surface area (Å²) in [5.41, 5.74) is 5.22. The Balaban J connectivity index is 3.05. The van der Waals surface area contributed by atoms with Crippen LogP contribution in [0.4, 0.5) is 11.5 Å². The van der Waals surface area contributed by atoms with E-state index in [0.717, 1.165) is 0 Å². The van der Waals surface area contributed by atoms with Gasteiger partial charge in [0.15, 0.2) is 5.82 Å². The van der Waals surface area contributed by atoms with E-state index in [1.54, 1.807) is 11.8 Å². The van der Waals surface area contributed by atoms with Crippen molar-refractivity contribution in [2.75, 3.05) is 17.2 Å². The number of carboxylic acids is 1. The van der Waals surface area contributed by atoms with Crippen LogP contribution >= 0.6 is 0 Å². The first kappa shape index (κ1) is 13.0. The third-order valence-corrected chi connectivity index (χ3v) is 2.48. The Morgan fingerprint density at radius 2 is 2.35 bits per heavy atom. The lowest BCUT2D eigenvalue weighted by Crippen LogP contribution is -2.37. The highest BCUT2D eigenvalue weighted by Gasteiger charge is 2.20. The Morgan fingerprint density at radius 3 is 2.88 bits per heavy atom. The molecule has 0 aliphatic rings. The first-order valence-corrected chi connectivity index (χ1v) is 5.29. The van der Waals surface area contributed by atoms with Crippen LogP contribution in [0.3, 0.4) is 0 Å². The molecule has 94 valence electrons. The number of nitrogens with two attached hydrogens (primary N) is 1. The molecular weight excluding hydrogens is 224 g/mol. The molecule has 0 aliphatic heterocycles. The van der Waals surface area contributed by atoms with Crippen molar-refractivity contribution in [2.24, 2.45) is 0 Å². The molecule has 1 aromatic rings. The van der Waals surface area contributed by atoms with Crippen molar-refractivity contribution >= 4 is 17.5 Å². The van der Waals surface area contributed by atoms with Gasteiger partial charge in [-0.3, -0.25) is 9.59 Å². The molecule has 4 N–H and O–H groups in total. The maximum absolute atomic E-state index is 11.3. The van der Waals surface area contributed by atoms with Gasteiger partial charge in [-0.25, -0.2) is 4.98 Å². The predicted molar refractivity (Wildman–Crippen MR) is 64.0 cm³/mol. The number of aliphatic carboxylic acids is 1. The van der Waals surface area contributed by atoms with Gasteiger partial charge >= 0.3 is 5.97 Å². The summed E-state index contributed by atoms with van der Waals surface area (Å²) in [5.74, 6) is -0.579. The number of nitrogen functional groups attached to an aromatic ring is 1. The molecule has 1 atom stereocenters. The van der Waals surface area contributed by atoms with Gasteiger partial charge in [0.25, 0.3) is 5.56 Å². The van der Waals surface area contributed by atoms with Crippen molar-refractivity contribution in [1.29, 1.82) is 0 Å². The number of hydrogen-bond acceptors (Lipinski definition) is 5. The van der Waals surface area contributed by atoms with E-state index in [1.165, 1.54) is 6.33 Å². The molecule has 0 bridgehead atoms. The summed E-state index contributed by atoms with van der Waals surface area (Å²) >= 11 is 0. The average molecular weight is 240 g/mol. The normalized spacial score (nSPS) is 12.1. The highest BCUT2D eigenvalue weighted by molar-refractivity contribution is 5.69. The molecule has 0 amide bonds. The SMILES string of the molecule is CCN(c1nc[nH]c(=O)c1N)C(C)CC(=O)O. The minimum Gasteiger partial charge on any atom is -0.481 e. The molecule has 0 fully saturated rings. The smallest absolute Gasteiger partial charge is 0.305 e. The van der Waals surface area contributed by atoms with Crippen LogP contribution in [0.15, 0.2) is 11.1 Å². The highest BCUT2D eigenvalue weighted by atomic mass is 16.4. The second-order valence-corrected chi connectivity index (χ2v) is 3.70. The van der Waals surface area contributed by atoms with E-state index < -0.39 is 11.5 Å². The minimum absolute atomic E-state index is 0.00610. The zero-order valence-corrected chi connectivity index (χ0v) is 9.80. The van der Waals surface area contributed by atoms with Crippen molar-refractivity contribution in [1.82, 2.24) is 9.97 Å². The second-order valence-electron chi connectivity index (χ2n) is 3.70. The Kier molecular flexibility index (Phi) is 4.08. The Morgan fingerprint density at radius 1 is 1.71 bits per heavy atom. The van der Waals surface area contributed by atoms with Crippen LogP contribution in [0, 0.1) is 0 Å². The van der Waals surface area contributed by atoms with Gasteiger partial charge in [0.1, 0.15) is 5.69 Å². The fourth-order valence-corrected chi connectivity index (χ4v) is 1.66. The summed E-state index contributed by atoms with van der Waals surface area (Å²) in [7, 11) is 0. The number of aromatic amines is 1. The summed E-state index contributed by atoms with van der Waals surface area (Å²) in [6.07, 6.45) is 1.21. The van der Waals surface area contributed by atoms with Crippen molar-refractivity contribution < 1.29 is 9.90 Å². The van der Waals surface area contributed by atoms with Gasteiger partial charge in [0.2, 0.25) is 0 Å². The zero-order chi connectivity index (χ0) is 13.0. The molecule has 7 nitrogen and oxygen atoms in total. The predicted octanol–water partition coefficient (Wildman–Crippen LogP) is 0.0416. The second kappa shape index (κ2) is 5.33. The van der Waals surface area contributed by atoms with Gasteiger partial charge in [-0.05, 0) is 13.8 Å². The number of carbonyl (C=O) groups is 1. The third-order valence-electron chi connectivity index (χ3n) is 2.48. The zero-order valence-electron chi connectivity index (χ0n) is 9.80. The van der Waals surface area contributed by atoms with Gasteiger partial charge < -0.3 is 20.7 Å². The molecule has 0 saturated heterocycles. The number of H-pyrrole nitrogens is 1. The van der Waals surface area contributed by atoms with Crippen molar-refractivity contribution in [3.63, 3.8) is 0 Å². The Labute approximate surface area is 98.3 Å². The highest BCUT2D eigenvalue weighted by Crippen LogP contribution is 2.19. The fraction of sp³-hybridized carbons (Fsp3) is 0.500. The quantitative estimate of drug-likeness (QED) is 0.670. The first-order valence-electron chi connectivity index (χ1n) is 5.29. The van der Waals surface area contributed by atoms with Crippen molar-refractivity contribution in [2.45, 2.75) is 26.3 Å². The molecule has 0 aromatic carbocycles. The molecule has 0 saturated carbocycles. The van der Waals surface area contributed by atoms with Crippen LogP contribution in [-0.2, 0) is 4.79 Å².